The number of carbonyl (C=O) groups excluding carboxylic acids is 2. The van der Waals surface area contributed by atoms with Gasteiger partial charge in [-0.3, -0.25) is 13.9 Å². The van der Waals surface area contributed by atoms with Gasteiger partial charge in [0.25, 0.3) is 0 Å². The third-order valence-electron chi connectivity index (χ3n) is 6.00. The van der Waals surface area contributed by atoms with Crippen molar-refractivity contribution in [3.8, 4) is 0 Å². The fourth-order valence-electron chi connectivity index (χ4n) is 3.79. The number of nitrogens with one attached hydrogen (secondary N) is 1. The van der Waals surface area contributed by atoms with Gasteiger partial charge in [0, 0.05) is 36.6 Å². The van der Waals surface area contributed by atoms with Crippen LogP contribution >= 0.6 is 11.6 Å². The number of halogens is 3. The van der Waals surface area contributed by atoms with Gasteiger partial charge in [-0.25, -0.2) is 17.2 Å². The molecule has 0 aromatic heterocycles. The summed E-state index contributed by atoms with van der Waals surface area (Å²) >= 11 is 5.99. The van der Waals surface area contributed by atoms with Crippen LogP contribution in [0.25, 0.3) is 0 Å². The quantitative estimate of drug-likeness (QED) is 0.380. The van der Waals surface area contributed by atoms with Gasteiger partial charge >= 0.3 is 0 Å². The van der Waals surface area contributed by atoms with Crippen LogP contribution in [0.4, 0.5) is 14.5 Å². The number of amides is 2. The Morgan fingerprint density at radius 2 is 1.68 bits per heavy atom. The van der Waals surface area contributed by atoms with E-state index in [0.717, 1.165) is 34.7 Å². The number of nitrogens with zero attached hydrogens (tertiary/aromatic N) is 2. The summed E-state index contributed by atoms with van der Waals surface area (Å²) < 4.78 is 52.7. The Kier molecular flexibility index (Phi) is 11.3. The molecule has 1 N–H and O–H groups in total. The number of hydrogen-bond acceptors (Lipinski definition) is 4. The zero-order chi connectivity index (χ0) is 27.8. The molecule has 11 heteroatoms. The van der Waals surface area contributed by atoms with E-state index in [1.54, 1.807) is 24.3 Å². The monoisotopic (exact) mass is 557 g/mol. The predicted octanol–water partition coefficient (Wildman–Crippen LogP) is 4.89. The minimum absolute atomic E-state index is 0.0359. The molecule has 0 aliphatic rings. The molecule has 0 saturated carbocycles. The lowest BCUT2D eigenvalue weighted by Crippen LogP contribution is -2.50. The molecule has 37 heavy (non-hydrogen) atoms. The Balaban J connectivity index is 2.23. The third kappa shape index (κ3) is 8.96. The van der Waals surface area contributed by atoms with Crippen LogP contribution in [-0.4, -0.2) is 50.0 Å². The van der Waals surface area contributed by atoms with Crippen LogP contribution in [0, 0.1) is 11.6 Å². The maximum Gasteiger partial charge on any atom is 0.243 e. The van der Waals surface area contributed by atoms with Gasteiger partial charge in [0.2, 0.25) is 21.8 Å². The van der Waals surface area contributed by atoms with E-state index in [1.165, 1.54) is 11.0 Å². The molecule has 0 radical (unpaired) electrons. The summed E-state index contributed by atoms with van der Waals surface area (Å²) in [6.07, 6.45) is 2.11. The summed E-state index contributed by atoms with van der Waals surface area (Å²) in [5.41, 5.74) is 0.748. The van der Waals surface area contributed by atoms with Gasteiger partial charge in [0.15, 0.2) is 11.6 Å². The van der Waals surface area contributed by atoms with Gasteiger partial charge < -0.3 is 10.2 Å². The van der Waals surface area contributed by atoms with Gasteiger partial charge in [-0.2, -0.15) is 0 Å². The van der Waals surface area contributed by atoms with Gasteiger partial charge in [-0.15, -0.1) is 0 Å². The van der Waals surface area contributed by atoms with Gasteiger partial charge in [-0.1, -0.05) is 37.6 Å². The van der Waals surface area contributed by atoms with Crippen molar-refractivity contribution in [1.29, 1.82) is 0 Å². The molecule has 2 amide bonds. The maximum atomic E-state index is 13.7. The fraction of sp³-hybridized carbons (Fsp3) is 0.462. The summed E-state index contributed by atoms with van der Waals surface area (Å²) in [5, 5.41) is 3.47. The molecular formula is C26H34ClF2N3O4S. The van der Waals surface area contributed by atoms with E-state index in [4.69, 9.17) is 11.6 Å². The highest BCUT2D eigenvalue weighted by molar-refractivity contribution is 7.92. The normalized spacial score (nSPS) is 13.1. The molecule has 2 rings (SSSR count). The van der Waals surface area contributed by atoms with Crippen molar-refractivity contribution in [1.82, 2.24) is 10.2 Å². The highest BCUT2D eigenvalue weighted by Crippen LogP contribution is 2.22. The largest absolute Gasteiger partial charge is 0.352 e. The molecule has 204 valence electrons. The molecule has 0 fully saturated rings. The van der Waals surface area contributed by atoms with E-state index in [1.807, 2.05) is 20.8 Å². The zero-order valence-electron chi connectivity index (χ0n) is 21.5. The predicted molar refractivity (Wildman–Crippen MR) is 142 cm³/mol. The number of sulfonamides is 1. The molecular weight excluding hydrogens is 524 g/mol. The first-order valence-electron chi connectivity index (χ1n) is 12.1. The Labute approximate surface area is 222 Å². The third-order valence-corrected chi connectivity index (χ3v) is 7.44. The molecule has 7 nitrogen and oxygen atoms in total. The minimum Gasteiger partial charge on any atom is -0.352 e. The lowest BCUT2D eigenvalue weighted by atomic mass is 10.1. The Hall–Kier alpha value is -2.72. The lowest BCUT2D eigenvalue weighted by Gasteiger charge is -2.32. The first-order chi connectivity index (χ1) is 17.4. The summed E-state index contributed by atoms with van der Waals surface area (Å²) in [7, 11) is -3.83. The average Bonchev–Trinajstić information content (AvgIpc) is 2.83. The molecule has 0 bridgehead atoms. The van der Waals surface area contributed by atoms with Crippen LogP contribution in [-0.2, 0) is 26.2 Å². The van der Waals surface area contributed by atoms with Crippen molar-refractivity contribution < 1.29 is 26.8 Å². The Morgan fingerprint density at radius 3 is 2.22 bits per heavy atom. The molecule has 0 heterocycles. The molecule has 2 aromatic carbocycles. The topological polar surface area (TPSA) is 86.8 Å². The van der Waals surface area contributed by atoms with E-state index in [-0.39, 0.29) is 49.5 Å². The van der Waals surface area contributed by atoms with Crippen LogP contribution < -0.4 is 9.62 Å². The second kappa shape index (κ2) is 13.7. The van der Waals surface area contributed by atoms with E-state index in [2.05, 4.69) is 5.32 Å². The van der Waals surface area contributed by atoms with Crippen molar-refractivity contribution in [3.05, 3.63) is 64.7 Å². The van der Waals surface area contributed by atoms with Crippen molar-refractivity contribution in [3.63, 3.8) is 0 Å². The highest BCUT2D eigenvalue weighted by Gasteiger charge is 2.29. The van der Waals surface area contributed by atoms with Crippen LogP contribution in [0.5, 0.6) is 0 Å². The Bertz CT molecular complexity index is 1180. The molecule has 0 saturated heterocycles. The van der Waals surface area contributed by atoms with Gasteiger partial charge in [0.1, 0.15) is 6.04 Å². The lowest BCUT2D eigenvalue weighted by molar-refractivity contribution is -0.141. The van der Waals surface area contributed by atoms with Crippen LogP contribution in [0.1, 0.15) is 52.0 Å². The molecule has 0 aliphatic heterocycles. The van der Waals surface area contributed by atoms with Gasteiger partial charge in [0.05, 0.1) is 11.9 Å². The number of anilines is 1. The van der Waals surface area contributed by atoms with Crippen molar-refractivity contribution in [2.75, 3.05) is 17.1 Å². The SMILES string of the molecule is CCC(C)NC(=O)C(CC)N(Cc1ccc(Cl)cc1)C(=O)CCCN(c1ccc(F)c(F)c1)S(C)(=O)=O. The summed E-state index contributed by atoms with van der Waals surface area (Å²) in [6, 6.07) is 8.98. The first kappa shape index (κ1) is 30.5. The zero-order valence-corrected chi connectivity index (χ0v) is 23.1. The summed E-state index contributed by atoms with van der Waals surface area (Å²) in [6.45, 7) is 5.69. The van der Waals surface area contributed by atoms with Crippen molar-refractivity contribution in [2.24, 2.45) is 0 Å². The molecule has 2 aromatic rings. The number of benzene rings is 2. The second-order valence-corrected chi connectivity index (χ2v) is 11.3. The molecule has 2 unspecified atom stereocenters. The van der Waals surface area contributed by atoms with Gasteiger partial charge in [-0.05, 0) is 56.0 Å². The number of hydrogen-bond donors (Lipinski definition) is 1. The number of carbonyl (C=O) groups is 2. The van der Waals surface area contributed by atoms with E-state index < -0.39 is 27.7 Å². The maximum absolute atomic E-state index is 13.7. The molecule has 0 aliphatic carbocycles. The number of rotatable bonds is 13. The van der Waals surface area contributed by atoms with Crippen molar-refractivity contribution in [2.45, 2.75) is 65.1 Å². The van der Waals surface area contributed by atoms with E-state index in [9.17, 15) is 26.8 Å². The van der Waals surface area contributed by atoms with E-state index in [0.29, 0.717) is 11.4 Å². The standard InChI is InChI=1S/C26H34ClF2N3O4S/c1-5-18(3)30-26(34)24(6-2)31(17-19-9-11-20(27)12-10-19)25(33)8-7-15-32(37(4,35)36)21-13-14-22(28)23(29)16-21/h9-14,16,18,24H,5-8,15,17H2,1-4H3,(H,30,34). The van der Waals surface area contributed by atoms with Crippen LogP contribution in [0.15, 0.2) is 42.5 Å². The molecule has 0 spiro atoms. The van der Waals surface area contributed by atoms with Crippen LogP contribution in [0.3, 0.4) is 0 Å². The van der Waals surface area contributed by atoms with E-state index >= 15 is 0 Å². The summed E-state index contributed by atoms with van der Waals surface area (Å²) in [4.78, 5) is 27.9. The second-order valence-electron chi connectivity index (χ2n) is 8.93. The fourth-order valence-corrected chi connectivity index (χ4v) is 4.87. The van der Waals surface area contributed by atoms with Crippen molar-refractivity contribution >= 4 is 39.1 Å². The molecule has 2 atom stereocenters. The highest BCUT2D eigenvalue weighted by atomic mass is 35.5. The average molecular weight is 558 g/mol. The first-order valence-corrected chi connectivity index (χ1v) is 14.4. The summed E-state index contributed by atoms with van der Waals surface area (Å²) in [5.74, 6) is -2.86. The smallest absolute Gasteiger partial charge is 0.243 e. The van der Waals surface area contributed by atoms with Crippen LogP contribution in [0.2, 0.25) is 5.02 Å². The Morgan fingerprint density at radius 1 is 1.03 bits per heavy atom. The minimum atomic E-state index is -3.83.